The minimum atomic E-state index is -4.73. The lowest BCUT2D eigenvalue weighted by Crippen LogP contribution is -2.27. The molecule has 0 N–H and O–H groups in total. The van der Waals surface area contributed by atoms with Crippen LogP contribution in [0, 0.1) is 0 Å². The third kappa shape index (κ3) is 2.65. The number of aromatic nitrogens is 1. The van der Waals surface area contributed by atoms with Crippen LogP contribution in [-0.2, 0) is 15.0 Å². The van der Waals surface area contributed by atoms with Crippen molar-refractivity contribution in [1.29, 1.82) is 0 Å². The van der Waals surface area contributed by atoms with Crippen molar-refractivity contribution < 1.29 is 17.1 Å². The van der Waals surface area contributed by atoms with E-state index in [1.54, 1.807) is 0 Å². The van der Waals surface area contributed by atoms with E-state index in [0.717, 1.165) is 0 Å². The van der Waals surface area contributed by atoms with E-state index in [2.05, 4.69) is 20.9 Å². The Morgan fingerprint density at radius 3 is 2.78 bits per heavy atom. The third-order valence-corrected chi connectivity index (χ3v) is 4.51. The molecular formula is C9H7BrClFN2O3S. The summed E-state index contributed by atoms with van der Waals surface area (Å²) in [6.45, 7) is -0.226. The maximum atomic E-state index is 12.9. The molecule has 0 spiro atoms. The average molecular weight is 358 g/mol. The second-order valence-corrected chi connectivity index (χ2v) is 6.62. The number of hydrogen-bond acceptors (Lipinski definition) is 4. The second kappa shape index (κ2) is 4.75. The Kier molecular flexibility index (Phi) is 3.61. The van der Waals surface area contributed by atoms with Crippen molar-refractivity contribution in [3.8, 4) is 0 Å². The highest BCUT2D eigenvalue weighted by Gasteiger charge is 2.39. The molecule has 0 saturated carbocycles. The molecule has 0 radical (unpaired) electrons. The predicted octanol–water partition coefficient (Wildman–Crippen LogP) is 1.90. The Hall–Kier alpha value is -0.730. The van der Waals surface area contributed by atoms with E-state index >= 15 is 0 Å². The number of hydrogen-bond donors (Lipinski definition) is 0. The van der Waals surface area contributed by atoms with E-state index in [1.165, 1.54) is 17.2 Å². The van der Waals surface area contributed by atoms with Crippen LogP contribution in [0.25, 0.3) is 0 Å². The fraction of sp³-hybridized carbons (Fsp3) is 0.333. The van der Waals surface area contributed by atoms with Crippen molar-refractivity contribution in [3.05, 3.63) is 21.9 Å². The first-order chi connectivity index (χ1) is 8.29. The van der Waals surface area contributed by atoms with Crippen LogP contribution >= 0.6 is 27.5 Å². The molecule has 1 amide bonds. The van der Waals surface area contributed by atoms with E-state index in [0.29, 0.717) is 10.2 Å². The highest BCUT2D eigenvalue weighted by Crippen LogP contribution is 2.32. The van der Waals surface area contributed by atoms with Crippen molar-refractivity contribution >= 4 is 49.3 Å². The lowest BCUT2D eigenvalue weighted by Gasteiger charge is -2.17. The molecule has 1 aliphatic rings. The molecular weight excluding hydrogens is 351 g/mol. The monoisotopic (exact) mass is 356 g/mol. The molecule has 1 unspecified atom stereocenters. The lowest BCUT2D eigenvalue weighted by molar-refractivity contribution is -0.117. The first-order valence-corrected chi connectivity index (χ1v) is 7.45. The lowest BCUT2D eigenvalue weighted by atomic mass is 10.3. The van der Waals surface area contributed by atoms with Gasteiger partial charge in [0.2, 0.25) is 5.91 Å². The molecule has 18 heavy (non-hydrogen) atoms. The first-order valence-electron chi connectivity index (χ1n) is 4.84. The quantitative estimate of drug-likeness (QED) is 0.599. The van der Waals surface area contributed by atoms with Gasteiger partial charge in [0.25, 0.3) is 0 Å². The molecule has 2 rings (SSSR count). The fourth-order valence-corrected chi connectivity index (χ4v) is 2.96. The number of carbonyl (C=O) groups excluding carboxylic acids is 1. The van der Waals surface area contributed by atoms with Gasteiger partial charge < -0.3 is 4.90 Å². The summed E-state index contributed by atoms with van der Waals surface area (Å²) >= 11 is 8.89. The molecule has 0 bridgehead atoms. The van der Waals surface area contributed by atoms with Crippen molar-refractivity contribution in [2.24, 2.45) is 0 Å². The van der Waals surface area contributed by atoms with Crippen LogP contribution in [0.1, 0.15) is 6.42 Å². The van der Waals surface area contributed by atoms with E-state index < -0.39 is 21.4 Å². The van der Waals surface area contributed by atoms with Crippen LogP contribution in [0.4, 0.5) is 9.57 Å². The summed E-state index contributed by atoms with van der Waals surface area (Å²) in [7, 11) is -4.73. The van der Waals surface area contributed by atoms with Gasteiger partial charge in [0.05, 0.1) is 10.2 Å². The van der Waals surface area contributed by atoms with Crippen LogP contribution in [0.2, 0.25) is 5.15 Å². The van der Waals surface area contributed by atoms with Gasteiger partial charge in [-0.1, -0.05) is 11.6 Å². The van der Waals surface area contributed by atoms with E-state index in [4.69, 9.17) is 11.6 Å². The minimum absolute atomic E-state index is 0.160. The summed E-state index contributed by atoms with van der Waals surface area (Å²) < 4.78 is 35.0. The van der Waals surface area contributed by atoms with Gasteiger partial charge in [-0.05, 0) is 15.9 Å². The Balaban J connectivity index is 2.35. The van der Waals surface area contributed by atoms with Gasteiger partial charge in [-0.3, -0.25) is 4.79 Å². The number of amides is 1. The Morgan fingerprint density at radius 2 is 2.22 bits per heavy atom. The summed E-state index contributed by atoms with van der Waals surface area (Å²) in [6, 6.07) is 1.41. The van der Waals surface area contributed by atoms with Gasteiger partial charge in [-0.15, -0.1) is 3.89 Å². The first kappa shape index (κ1) is 13.7. The number of rotatable bonds is 2. The van der Waals surface area contributed by atoms with Crippen molar-refractivity contribution in [2.45, 2.75) is 11.7 Å². The number of anilines is 1. The van der Waals surface area contributed by atoms with Crippen molar-refractivity contribution in [3.63, 3.8) is 0 Å². The summed E-state index contributed by atoms with van der Waals surface area (Å²) in [5.74, 6) is -0.468. The number of pyridine rings is 1. The number of nitrogens with zero attached hydrogens (tertiary/aromatic N) is 2. The molecule has 2 heterocycles. The van der Waals surface area contributed by atoms with Gasteiger partial charge in [0, 0.05) is 25.2 Å². The predicted molar refractivity (Wildman–Crippen MR) is 67.7 cm³/mol. The highest BCUT2D eigenvalue weighted by atomic mass is 79.9. The standard InChI is InChI=1S/C9H7BrClFN2O3S/c10-6-3-13-8(11)2-7(6)14-4-5(1-9(14)15)18(12,16)17/h2-3,5H,1,4H2. The molecule has 1 aliphatic heterocycles. The maximum Gasteiger partial charge on any atom is 0.307 e. The largest absolute Gasteiger partial charge is 0.310 e. The zero-order valence-corrected chi connectivity index (χ0v) is 12.0. The van der Waals surface area contributed by atoms with Crippen molar-refractivity contribution in [2.75, 3.05) is 11.4 Å². The molecule has 1 aromatic rings. The molecule has 1 atom stereocenters. The van der Waals surface area contributed by atoms with E-state index in [1.807, 2.05) is 0 Å². The van der Waals surface area contributed by atoms with Crippen LogP contribution in [0.15, 0.2) is 16.7 Å². The minimum Gasteiger partial charge on any atom is -0.310 e. The van der Waals surface area contributed by atoms with Crippen molar-refractivity contribution in [1.82, 2.24) is 4.98 Å². The molecule has 1 saturated heterocycles. The normalized spacial score (nSPS) is 20.5. The maximum absolute atomic E-state index is 12.9. The number of halogens is 3. The van der Waals surface area contributed by atoms with Gasteiger partial charge in [-0.2, -0.15) is 8.42 Å². The topological polar surface area (TPSA) is 67.3 Å². The van der Waals surface area contributed by atoms with Crippen LogP contribution in [0.3, 0.4) is 0 Å². The third-order valence-electron chi connectivity index (χ3n) is 2.58. The molecule has 1 fully saturated rings. The summed E-state index contributed by atoms with van der Waals surface area (Å²) in [6.07, 6.45) is 1.02. The summed E-state index contributed by atoms with van der Waals surface area (Å²) in [4.78, 5) is 16.7. The smallest absolute Gasteiger partial charge is 0.307 e. The van der Waals surface area contributed by atoms with E-state index in [-0.39, 0.29) is 18.1 Å². The van der Waals surface area contributed by atoms with Crippen LogP contribution in [0.5, 0.6) is 0 Å². The zero-order chi connectivity index (χ0) is 13.5. The Bertz CT molecular complexity index is 610. The molecule has 1 aromatic heterocycles. The Morgan fingerprint density at radius 1 is 1.56 bits per heavy atom. The average Bonchev–Trinajstić information content (AvgIpc) is 2.64. The molecule has 9 heteroatoms. The summed E-state index contributed by atoms with van der Waals surface area (Å²) in [5.41, 5.74) is 0.381. The van der Waals surface area contributed by atoms with E-state index in [9.17, 15) is 17.1 Å². The van der Waals surface area contributed by atoms with Crippen LogP contribution in [-0.4, -0.2) is 31.1 Å². The summed E-state index contributed by atoms with van der Waals surface area (Å²) in [5, 5.41) is -1.17. The van der Waals surface area contributed by atoms with Crippen LogP contribution < -0.4 is 4.90 Å². The SMILES string of the molecule is O=C1CC(S(=O)(=O)F)CN1c1cc(Cl)ncc1Br. The molecule has 5 nitrogen and oxygen atoms in total. The van der Waals surface area contributed by atoms with Gasteiger partial charge in [0.1, 0.15) is 10.4 Å². The second-order valence-electron chi connectivity index (χ2n) is 3.76. The van der Waals surface area contributed by atoms with Gasteiger partial charge in [-0.25, -0.2) is 4.98 Å². The molecule has 98 valence electrons. The Labute approximate surface area is 116 Å². The zero-order valence-electron chi connectivity index (χ0n) is 8.81. The van der Waals surface area contributed by atoms with Gasteiger partial charge >= 0.3 is 10.2 Å². The fourth-order valence-electron chi connectivity index (χ4n) is 1.71. The number of carbonyl (C=O) groups is 1. The van der Waals surface area contributed by atoms with Gasteiger partial charge in [0.15, 0.2) is 0 Å². The molecule has 0 aromatic carbocycles. The highest BCUT2D eigenvalue weighted by molar-refractivity contribution is 9.10. The molecule has 0 aliphatic carbocycles.